The summed E-state index contributed by atoms with van der Waals surface area (Å²) >= 11 is 5.26. The summed E-state index contributed by atoms with van der Waals surface area (Å²) in [6.07, 6.45) is 20.2. The molecule has 5 bridgehead atoms. The number of hydrogen-bond donors (Lipinski definition) is 1. The molecule has 0 aromatic heterocycles. The van der Waals surface area contributed by atoms with Gasteiger partial charge in [0.25, 0.3) is 0 Å². The van der Waals surface area contributed by atoms with E-state index >= 15 is 0 Å². The second-order valence-corrected chi connectivity index (χ2v) is 11.9. The van der Waals surface area contributed by atoms with E-state index in [4.69, 9.17) is 12.6 Å². The Hall–Kier alpha value is -1.15. The number of allylic oxidation sites excluding steroid dienone is 8. The van der Waals surface area contributed by atoms with Crippen LogP contribution in [0, 0.1) is 35.0 Å². The smallest absolute Gasteiger partial charge is 0.0939 e. The highest BCUT2D eigenvalue weighted by Gasteiger charge is 2.51. The summed E-state index contributed by atoms with van der Waals surface area (Å²) in [5.41, 5.74) is 8.17. The fourth-order valence-electron chi connectivity index (χ4n) is 7.89. The fourth-order valence-corrected chi connectivity index (χ4v) is 8.31. The molecule has 6 aliphatic rings. The molecule has 0 N–H and O–H groups in total. The largest absolute Gasteiger partial charge is 0.355 e. The molecule has 1 fully saturated rings. The second kappa shape index (κ2) is 8.01. The highest BCUT2D eigenvalue weighted by Crippen LogP contribution is 2.57. The van der Waals surface area contributed by atoms with Crippen LogP contribution in [0.2, 0.25) is 0 Å². The zero-order chi connectivity index (χ0) is 21.9. The number of hydrogen-bond acceptors (Lipinski definition) is 2. The van der Waals surface area contributed by atoms with Crippen LogP contribution in [0.5, 0.6) is 0 Å². The molecule has 0 amide bonds. The topological polar surface area (TPSA) is 3.24 Å². The van der Waals surface area contributed by atoms with Crippen LogP contribution >= 0.6 is 12.6 Å². The molecule has 0 saturated carbocycles. The Morgan fingerprint density at radius 1 is 1.13 bits per heavy atom. The molecule has 2 heteroatoms. The molecule has 31 heavy (non-hydrogen) atoms. The molecular formula is C29H41NS. The van der Waals surface area contributed by atoms with E-state index in [-0.39, 0.29) is 5.37 Å². The van der Waals surface area contributed by atoms with Gasteiger partial charge in [0.2, 0.25) is 0 Å². The Balaban J connectivity index is 1.65. The second-order valence-electron chi connectivity index (χ2n) is 11.4. The van der Waals surface area contributed by atoms with Crippen molar-refractivity contribution in [1.29, 1.82) is 0 Å². The van der Waals surface area contributed by atoms with Gasteiger partial charge in [0, 0.05) is 12.2 Å². The van der Waals surface area contributed by atoms with Gasteiger partial charge in [-0.3, -0.25) is 0 Å². The third-order valence-electron chi connectivity index (χ3n) is 9.41. The summed E-state index contributed by atoms with van der Waals surface area (Å²) in [6, 6.07) is 0. The van der Waals surface area contributed by atoms with Crippen molar-refractivity contribution in [2.24, 2.45) is 35.0 Å². The fraction of sp³-hybridized carbons (Fsp3) is 0.655. The monoisotopic (exact) mass is 435 g/mol. The maximum atomic E-state index is 5.26. The van der Waals surface area contributed by atoms with Crippen LogP contribution in [0.15, 0.2) is 58.4 Å². The number of piperidine rings is 1. The third kappa shape index (κ3) is 3.52. The standard InChI is InChI=1S/C29H41NS/c1-6-29-12-11-22-15-19(3)24(20(4)16-22)9-7-23-8-10-26(30(17-29)28(23)31)25-14-18(2)13-21(5)27(25)29/h8,10,14-16,18-19,21,24,27-28,31H,6-7,9,11-13,17H2,1-5H3/t18?,19?,21-,24?,27?,28?,29?/m0/s1. The lowest BCUT2D eigenvalue weighted by molar-refractivity contribution is 0.0349. The van der Waals surface area contributed by atoms with Crippen LogP contribution in [0.3, 0.4) is 0 Å². The zero-order valence-corrected chi connectivity index (χ0v) is 21.1. The molecule has 4 aliphatic heterocycles. The van der Waals surface area contributed by atoms with Crippen molar-refractivity contribution in [3.05, 3.63) is 58.4 Å². The van der Waals surface area contributed by atoms with Crippen LogP contribution in [0.1, 0.15) is 73.1 Å². The Kier molecular flexibility index (Phi) is 5.60. The van der Waals surface area contributed by atoms with Crippen molar-refractivity contribution in [3.63, 3.8) is 0 Å². The van der Waals surface area contributed by atoms with Gasteiger partial charge in [-0.05, 0) is 97.7 Å². The molecule has 7 atom stereocenters. The van der Waals surface area contributed by atoms with Crippen LogP contribution in [0.4, 0.5) is 0 Å². The van der Waals surface area contributed by atoms with E-state index in [2.05, 4.69) is 69.9 Å². The first-order valence-electron chi connectivity index (χ1n) is 12.8. The van der Waals surface area contributed by atoms with Gasteiger partial charge in [-0.1, -0.05) is 63.1 Å². The van der Waals surface area contributed by atoms with Crippen molar-refractivity contribution in [1.82, 2.24) is 4.90 Å². The van der Waals surface area contributed by atoms with Gasteiger partial charge in [-0.25, -0.2) is 0 Å². The molecule has 4 heterocycles. The van der Waals surface area contributed by atoms with E-state index in [9.17, 15) is 0 Å². The molecule has 0 spiro atoms. The van der Waals surface area contributed by atoms with E-state index in [1.54, 1.807) is 16.7 Å². The van der Waals surface area contributed by atoms with Gasteiger partial charge < -0.3 is 4.90 Å². The molecule has 0 aromatic rings. The summed E-state index contributed by atoms with van der Waals surface area (Å²) in [5, 5.41) is 0.231. The number of thiol groups is 1. The molecule has 1 nitrogen and oxygen atoms in total. The number of nitrogens with zero attached hydrogens (tertiary/aromatic N) is 1. The van der Waals surface area contributed by atoms with Gasteiger partial charge >= 0.3 is 0 Å². The maximum absolute atomic E-state index is 5.26. The zero-order valence-electron chi connectivity index (χ0n) is 20.2. The molecule has 6 rings (SSSR count). The number of rotatable bonds is 1. The van der Waals surface area contributed by atoms with E-state index in [1.807, 2.05) is 0 Å². The first-order valence-corrected chi connectivity index (χ1v) is 13.3. The predicted octanol–water partition coefficient (Wildman–Crippen LogP) is 7.71. The highest BCUT2D eigenvalue weighted by atomic mass is 32.1. The van der Waals surface area contributed by atoms with Crippen molar-refractivity contribution < 1.29 is 0 Å². The van der Waals surface area contributed by atoms with Crippen LogP contribution in [0.25, 0.3) is 0 Å². The summed E-state index contributed by atoms with van der Waals surface area (Å²) in [6.45, 7) is 13.4. The Bertz CT molecular complexity index is 902. The first-order chi connectivity index (χ1) is 14.8. The van der Waals surface area contributed by atoms with Gasteiger partial charge in [-0.15, -0.1) is 0 Å². The molecule has 0 aromatic carbocycles. The predicted molar refractivity (Wildman–Crippen MR) is 136 cm³/mol. The van der Waals surface area contributed by atoms with E-state index < -0.39 is 0 Å². The Morgan fingerprint density at radius 2 is 1.94 bits per heavy atom. The molecular weight excluding hydrogens is 394 g/mol. The van der Waals surface area contributed by atoms with Crippen LogP contribution in [-0.4, -0.2) is 16.8 Å². The Morgan fingerprint density at radius 3 is 2.68 bits per heavy atom. The van der Waals surface area contributed by atoms with E-state index in [0.29, 0.717) is 29.1 Å². The van der Waals surface area contributed by atoms with E-state index in [0.717, 1.165) is 18.9 Å². The molecule has 6 unspecified atom stereocenters. The minimum absolute atomic E-state index is 0.231. The molecule has 0 radical (unpaired) electrons. The van der Waals surface area contributed by atoms with Crippen molar-refractivity contribution in [3.8, 4) is 0 Å². The van der Waals surface area contributed by atoms with Crippen molar-refractivity contribution in [2.45, 2.75) is 78.5 Å². The maximum Gasteiger partial charge on any atom is 0.0939 e. The van der Waals surface area contributed by atoms with Crippen LogP contribution in [-0.2, 0) is 0 Å². The average Bonchev–Trinajstić information content (AvgIpc) is 2.72. The SMILES string of the molecule is CCC12CCC3=CC(C)C(CCC4=CC=C(C5=CC(C)C[C@H](C)C51)N(C2)C4S)C(C)=C3. The minimum Gasteiger partial charge on any atom is -0.355 e. The lowest BCUT2D eigenvalue weighted by Gasteiger charge is -2.57. The highest BCUT2D eigenvalue weighted by molar-refractivity contribution is 7.81. The molecule has 2 aliphatic carbocycles. The van der Waals surface area contributed by atoms with Crippen LogP contribution < -0.4 is 0 Å². The first kappa shape index (κ1) is 21.7. The number of fused-ring (bicyclic) bond motifs is 5. The molecule has 168 valence electrons. The lowest BCUT2D eigenvalue weighted by atomic mass is 9.56. The van der Waals surface area contributed by atoms with Gasteiger partial charge in [-0.2, -0.15) is 12.6 Å². The summed E-state index contributed by atoms with van der Waals surface area (Å²) in [4.78, 5) is 2.69. The normalized spacial score (nSPS) is 42.3. The van der Waals surface area contributed by atoms with Gasteiger partial charge in [0.1, 0.15) is 0 Å². The van der Waals surface area contributed by atoms with Gasteiger partial charge in [0.05, 0.1) is 5.37 Å². The summed E-state index contributed by atoms with van der Waals surface area (Å²) in [7, 11) is 0. The quantitative estimate of drug-likeness (QED) is 0.413. The lowest BCUT2D eigenvalue weighted by Crippen LogP contribution is -2.54. The van der Waals surface area contributed by atoms with Gasteiger partial charge in [0.15, 0.2) is 0 Å². The Labute approximate surface area is 195 Å². The third-order valence-corrected chi connectivity index (χ3v) is 10.0. The van der Waals surface area contributed by atoms with E-state index in [1.165, 1.54) is 43.4 Å². The minimum atomic E-state index is 0.231. The summed E-state index contributed by atoms with van der Waals surface area (Å²) < 4.78 is 0. The van der Waals surface area contributed by atoms with Crippen molar-refractivity contribution in [2.75, 3.05) is 6.54 Å². The summed E-state index contributed by atoms with van der Waals surface area (Å²) in [5.74, 6) is 3.43. The van der Waals surface area contributed by atoms with Crippen molar-refractivity contribution >= 4 is 12.6 Å². The average molecular weight is 436 g/mol. The molecule has 1 saturated heterocycles.